The molecule has 0 unspecified atom stereocenters. The van der Waals surface area contributed by atoms with Crippen LogP contribution in [0.15, 0.2) is 59.1 Å². The molecule has 0 aliphatic heterocycles. The van der Waals surface area contributed by atoms with E-state index in [-0.39, 0.29) is 5.97 Å². The van der Waals surface area contributed by atoms with Crippen LogP contribution in [-0.2, 0) is 14.3 Å². The summed E-state index contributed by atoms with van der Waals surface area (Å²) in [5.74, 6) is 1.39. The van der Waals surface area contributed by atoms with Crippen LogP contribution >= 0.6 is 0 Å². The smallest absolute Gasteiger partial charge is 0.338 e. The monoisotopic (exact) mass is 272 g/mol. The van der Waals surface area contributed by atoms with E-state index in [1.54, 1.807) is 14.0 Å². The molecule has 106 valence electrons. The van der Waals surface area contributed by atoms with E-state index in [4.69, 9.17) is 9.47 Å². The molecule has 3 nitrogen and oxygen atoms in total. The fourth-order valence-corrected chi connectivity index (χ4v) is 2.23. The fourth-order valence-electron chi connectivity index (χ4n) is 2.23. The van der Waals surface area contributed by atoms with Crippen molar-refractivity contribution in [1.82, 2.24) is 0 Å². The topological polar surface area (TPSA) is 35.5 Å². The van der Waals surface area contributed by atoms with Crippen LogP contribution in [0.3, 0.4) is 0 Å². The van der Waals surface area contributed by atoms with Crippen molar-refractivity contribution in [2.75, 3.05) is 7.11 Å². The third kappa shape index (κ3) is 3.50. The van der Waals surface area contributed by atoms with Gasteiger partial charge in [0.1, 0.15) is 5.76 Å². The zero-order valence-corrected chi connectivity index (χ0v) is 12.1. The first-order valence-corrected chi connectivity index (χ1v) is 6.81. The number of methoxy groups -OCH3 is 1. The Morgan fingerprint density at radius 3 is 1.95 bits per heavy atom. The summed E-state index contributed by atoms with van der Waals surface area (Å²) in [5, 5.41) is 0. The predicted octanol–water partition coefficient (Wildman–Crippen LogP) is 3.96. The molecule has 0 fully saturated rings. The molecule has 0 bridgehead atoms. The van der Waals surface area contributed by atoms with Crippen molar-refractivity contribution < 1.29 is 14.3 Å². The molecule has 0 heterocycles. The molecular weight excluding hydrogens is 252 g/mol. The van der Waals surface area contributed by atoms with E-state index in [1.807, 2.05) is 18.2 Å². The van der Waals surface area contributed by atoms with Crippen molar-refractivity contribution >= 4 is 5.97 Å². The normalized spacial score (nSPS) is 18.3. The number of allylic oxidation sites excluding steroid dienone is 8. The van der Waals surface area contributed by atoms with Gasteiger partial charge in [0, 0.05) is 18.4 Å². The third-order valence-electron chi connectivity index (χ3n) is 3.47. The Morgan fingerprint density at radius 1 is 1.00 bits per heavy atom. The van der Waals surface area contributed by atoms with E-state index in [0.29, 0.717) is 11.3 Å². The minimum atomic E-state index is -0.349. The van der Waals surface area contributed by atoms with Crippen molar-refractivity contribution in [2.24, 2.45) is 0 Å². The molecule has 2 rings (SSSR count). The predicted molar refractivity (Wildman–Crippen MR) is 78.7 cm³/mol. The van der Waals surface area contributed by atoms with Crippen LogP contribution in [0.2, 0.25) is 0 Å². The first-order chi connectivity index (χ1) is 9.60. The molecule has 3 heteroatoms. The minimum Gasteiger partial charge on any atom is -0.501 e. The Bertz CT molecular complexity index is 545. The average Bonchev–Trinajstić information content (AvgIpc) is 2.48. The molecule has 0 saturated heterocycles. The zero-order valence-electron chi connectivity index (χ0n) is 12.1. The first kappa shape index (κ1) is 14.4. The third-order valence-corrected chi connectivity index (χ3v) is 3.47. The van der Waals surface area contributed by atoms with Gasteiger partial charge >= 0.3 is 5.97 Å². The highest BCUT2D eigenvalue weighted by Gasteiger charge is 2.16. The number of hydrogen-bond donors (Lipinski definition) is 0. The number of esters is 1. The maximum Gasteiger partial charge on any atom is 0.338 e. The first-order valence-electron chi connectivity index (χ1n) is 6.81. The molecule has 0 amide bonds. The molecule has 20 heavy (non-hydrogen) atoms. The molecule has 0 aromatic carbocycles. The SMILES string of the molecule is C=C(C)C(=O)OC1=CC=C(C2=CC=C(OC)CC2)CC1. The van der Waals surface area contributed by atoms with Gasteiger partial charge in [0.2, 0.25) is 0 Å². The van der Waals surface area contributed by atoms with Crippen LogP contribution in [0.5, 0.6) is 0 Å². The van der Waals surface area contributed by atoms with Crippen molar-refractivity contribution in [3.8, 4) is 0 Å². The van der Waals surface area contributed by atoms with Gasteiger partial charge in [-0.05, 0) is 43.1 Å². The highest BCUT2D eigenvalue weighted by atomic mass is 16.5. The summed E-state index contributed by atoms with van der Waals surface area (Å²) in [5.41, 5.74) is 3.08. The Hall–Kier alpha value is -2.03. The lowest BCUT2D eigenvalue weighted by Gasteiger charge is -2.19. The summed E-state index contributed by atoms with van der Waals surface area (Å²) in [6, 6.07) is 0. The van der Waals surface area contributed by atoms with Crippen molar-refractivity contribution in [2.45, 2.75) is 32.6 Å². The molecule has 0 radical (unpaired) electrons. The number of ether oxygens (including phenoxy) is 2. The standard InChI is InChI=1S/C17H20O3/c1-12(2)17(18)20-16-10-6-14(7-11-16)13-4-8-15(19-3)9-5-13/h4,6,8,10H,1,5,7,9,11H2,2-3H3. The second-order valence-electron chi connectivity index (χ2n) is 5.02. The molecule has 2 aliphatic carbocycles. The molecule has 0 saturated carbocycles. The second-order valence-corrected chi connectivity index (χ2v) is 5.02. The molecule has 0 N–H and O–H groups in total. The molecule has 2 aliphatic rings. The Morgan fingerprint density at radius 2 is 1.55 bits per heavy atom. The fraction of sp³-hybridized carbons (Fsp3) is 0.353. The maximum atomic E-state index is 11.4. The average molecular weight is 272 g/mol. The largest absolute Gasteiger partial charge is 0.501 e. The van der Waals surface area contributed by atoms with Gasteiger partial charge < -0.3 is 9.47 Å². The van der Waals surface area contributed by atoms with Gasteiger partial charge in [-0.25, -0.2) is 4.79 Å². The highest BCUT2D eigenvalue weighted by Crippen LogP contribution is 2.30. The number of rotatable bonds is 4. The number of carbonyl (C=O) groups excluding carboxylic acids is 1. The van der Waals surface area contributed by atoms with Gasteiger partial charge in [-0.15, -0.1) is 0 Å². The molecular formula is C17H20O3. The highest BCUT2D eigenvalue weighted by molar-refractivity contribution is 5.87. The van der Waals surface area contributed by atoms with E-state index in [9.17, 15) is 4.79 Å². The van der Waals surface area contributed by atoms with E-state index >= 15 is 0 Å². The quantitative estimate of drug-likeness (QED) is 0.574. The summed E-state index contributed by atoms with van der Waals surface area (Å²) in [4.78, 5) is 11.4. The van der Waals surface area contributed by atoms with Crippen molar-refractivity contribution in [1.29, 1.82) is 0 Å². The summed E-state index contributed by atoms with van der Waals surface area (Å²) >= 11 is 0. The van der Waals surface area contributed by atoms with Gasteiger partial charge in [0.15, 0.2) is 0 Å². The van der Waals surface area contributed by atoms with Crippen LogP contribution in [0.25, 0.3) is 0 Å². The second kappa shape index (κ2) is 6.42. The summed E-state index contributed by atoms with van der Waals surface area (Å²) in [6.07, 6.45) is 11.7. The van der Waals surface area contributed by atoms with Crippen LogP contribution in [0, 0.1) is 0 Å². The van der Waals surface area contributed by atoms with Crippen LogP contribution in [0.1, 0.15) is 32.6 Å². The Kier molecular flexibility index (Phi) is 4.61. The molecule has 0 aromatic rings. The lowest BCUT2D eigenvalue weighted by molar-refractivity contribution is -0.135. The lowest BCUT2D eigenvalue weighted by atomic mass is 9.90. The molecule has 0 spiro atoms. The zero-order chi connectivity index (χ0) is 14.5. The molecule has 0 aromatic heterocycles. The van der Waals surface area contributed by atoms with Gasteiger partial charge in [0.05, 0.1) is 12.9 Å². The minimum absolute atomic E-state index is 0.349. The van der Waals surface area contributed by atoms with E-state index in [2.05, 4.69) is 12.7 Å². The van der Waals surface area contributed by atoms with Crippen molar-refractivity contribution in [3.05, 3.63) is 59.1 Å². The van der Waals surface area contributed by atoms with E-state index in [0.717, 1.165) is 31.4 Å². The van der Waals surface area contributed by atoms with Gasteiger partial charge in [0.25, 0.3) is 0 Å². The van der Waals surface area contributed by atoms with Crippen LogP contribution in [-0.4, -0.2) is 13.1 Å². The van der Waals surface area contributed by atoms with E-state index in [1.165, 1.54) is 11.1 Å². The van der Waals surface area contributed by atoms with E-state index < -0.39 is 0 Å². The van der Waals surface area contributed by atoms with Gasteiger partial charge in [-0.1, -0.05) is 18.7 Å². The lowest BCUT2D eigenvalue weighted by Crippen LogP contribution is -2.08. The maximum absolute atomic E-state index is 11.4. The van der Waals surface area contributed by atoms with Crippen LogP contribution < -0.4 is 0 Å². The number of carbonyl (C=O) groups is 1. The summed E-state index contributed by atoms with van der Waals surface area (Å²) in [7, 11) is 1.70. The van der Waals surface area contributed by atoms with Crippen molar-refractivity contribution in [3.63, 3.8) is 0 Å². The summed E-state index contributed by atoms with van der Waals surface area (Å²) in [6.45, 7) is 5.23. The van der Waals surface area contributed by atoms with Gasteiger partial charge in [-0.2, -0.15) is 0 Å². The van der Waals surface area contributed by atoms with Crippen LogP contribution in [0.4, 0.5) is 0 Å². The Balaban J connectivity index is 2.03. The number of hydrogen-bond acceptors (Lipinski definition) is 3. The van der Waals surface area contributed by atoms with Gasteiger partial charge in [-0.3, -0.25) is 0 Å². The Labute approximate surface area is 120 Å². The summed E-state index contributed by atoms with van der Waals surface area (Å²) < 4.78 is 10.5. The molecule has 0 atom stereocenters.